The molecule has 1 fully saturated rings. The first kappa shape index (κ1) is 14.1. The molecule has 5 nitrogen and oxygen atoms in total. The monoisotopic (exact) mass is 305 g/mol. The van der Waals surface area contributed by atoms with Crippen molar-refractivity contribution >= 4 is 34.3 Å². The molecule has 0 radical (unpaired) electrons. The van der Waals surface area contributed by atoms with Crippen LogP contribution in [0.1, 0.15) is 18.7 Å². The van der Waals surface area contributed by atoms with Gasteiger partial charge in [0.25, 0.3) is 0 Å². The number of aromatic nitrogens is 2. The molecular weight excluding hydrogens is 290 g/mol. The topological polar surface area (TPSA) is 66.3 Å². The molecule has 6 heteroatoms. The number of anilines is 1. The first-order valence-corrected chi connectivity index (χ1v) is 7.34. The van der Waals surface area contributed by atoms with Gasteiger partial charge >= 0.3 is 5.97 Å². The van der Waals surface area contributed by atoms with Crippen molar-refractivity contribution in [3.8, 4) is 0 Å². The van der Waals surface area contributed by atoms with E-state index in [9.17, 15) is 9.90 Å². The van der Waals surface area contributed by atoms with E-state index in [0.29, 0.717) is 23.8 Å². The number of hydrogen-bond acceptors (Lipinski definition) is 4. The molecule has 0 bridgehead atoms. The molecule has 0 amide bonds. The van der Waals surface area contributed by atoms with E-state index in [-0.39, 0.29) is 5.92 Å². The van der Waals surface area contributed by atoms with Gasteiger partial charge in [-0.25, -0.2) is 9.97 Å². The number of aliphatic carboxylic acids is 1. The number of rotatable bonds is 2. The molecule has 2 heterocycles. The van der Waals surface area contributed by atoms with E-state index in [1.165, 1.54) is 0 Å². The second kappa shape index (κ2) is 5.48. The quantitative estimate of drug-likeness (QED) is 0.924. The molecule has 2 aromatic rings. The van der Waals surface area contributed by atoms with Crippen LogP contribution in [0.5, 0.6) is 0 Å². The molecule has 1 aliphatic rings. The smallest absolute Gasteiger partial charge is 0.308 e. The van der Waals surface area contributed by atoms with Crippen LogP contribution in [0.2, 0.25) is 5.02 Å². The number of carbonyl (C=O) groups is 1. The van der Waals surface area contributed by atoms with Crippen LogP contribution in [0, 0.1) is 12.8 Å². The van der Waals surface area contributed by atoms with Gasteiger partial charge in [0.1, 0.15) is 11.6 Å². The molecule has 110 valence electrons. The summed E-state index contributed by atoms with van der Waals surface area (Å²) in [6, 6.07) is 5.51. The average Bonchev–Trinajstić information content (AvgIpc) is 2.47. The van der Waals surface area contributed by atoms with Gasteiger partial charge in [-0.1, -0.05) is 11.6 Å². The van der Waals surface area contributed by atoms with Crippen molar-refractivity contribution in [1.29, 1.82) is 0 Å². The molecule has 1 N–H and O–H groups in total. The summed E-state index contributed by atoms with van der Waals surface area (Å²) >= 11 is 6.08. The maximum Gasteiger partial charge on any atom is 0.308 e. The second-order valence-corrected chi connectivity index (χ2v) is 5.82. The Morgan fingerprint density at radius 2 is 2.24 bits per heavy atom. The van der Waals surface area contributed by atoms with Gasteiger partial charge in [-0.2, -0.15) is 0 Å². The SMILES string of the molecule is Cc1nc(N2CCCC(C(=O)O)C2)c2cc(Cl)ccc2n1. The summed E-state index contributed by atoms with van der Waals surface area (Å²) < 4.78 is 0. The van der Waals surface area contributed by atoms with Gasteiger partial charge in [-0.15, -0.1) is 0 Å². The highest BCUT2D eigenvalue weighted by molar-refractivity contribution is 6.31. The van der Waals surface area contributed by atoms with Crippen molar-refractivity contribution in [3.63, 3.8) is 0 Å². The van der Waals surface area contributed by atoms with Crippen LogP contribution in [0.3, 0.4) is 0 Å². The minimum atomic E-state index is -0.743. The van der Waals surface area contributed by atoms with Crippen molar-refractivity contribution < 1.29 is 9.90 Å². The minimum Gasteiger partial charge on any atom is -0.481 e. The fourth-order valence-electron chi connectivity index (χ4n) is 2.81. The van der Waals surface area contributed by atoms with E-state index in [4.69, 9.17) is 11.6 Å². The summed E-state index contributed by atoms with van der Waals surface area (Å²) in [7, 11) is 0. The summed E-state index contributed by atoms with van der Waals surface area (Å²) in [5, 5.41) is 10.7. The van der Waals surface area contributed by atoms with Gasteiger partial charge in [-0.3, -0.25) is 4.79 Å². The third-order valence-electron chi connectivity index (χ3n) is 3.82. The summed E-state index contributed by atoms with van der Waals surface area (Å²) in [5.41, 5.74) is 0.833. The van der Waals surface area contributed by atoms with Crippen LogP contribution in [-0.4, -0.2) is 34.1 Å². The molecule has 1 saturated heterocycles. The Labute approximate surface area is 127 Å². The highest BCUT2D eigenvalue weighted by Crippen LogP contribution is 2.30. The molecule has 21 heavy (non-hydrogen) atoms. The van der Waals surface area contributed by atoms with Gasteiger partial charge in [0, 0.05) is 23.5 Å². The maximum absolute atomic E-state index is 11.2. The molecule has 3 rings (SSSR count). The summed E-state index contributed by atoms with van der Waals surface area (Å²) in [4.78, 5) is 22.2. The third-order valence-corrected chi connectivity index (χ3v) is 4.05. The Hall–Kier alpha value is -1.88. The van der Waals surface area contributed by atoms with Crippen molar-refractivity contribution in [3.05, 3.63) is 29.0 Å². The number of piperidine rings is 1. The average molecular weight is 306 g/mol. The number of hydrogen-bond donors (Lipinski definition) is 1. The van der Waals surface area contributed by atoms with Crippen molar-refractivity contribution in [2.24, 2.45) is 5.92 Å². The lowest BCUT2D eigenvalue weighted by Gasteiger charge is -2.32. The lowest BCUT2D eigenvalue weighted by atomic mass is 9.98. The largest absolute Gasteiger partial charge is 0.481 e. The van der Waals surface area contributed by atoms with Gasteiger partial charge in [-0.05, 0) is 38.0 Å². The maximum atomic E-state index is 11.2. The van der Waals surface area contributed by atoms with Crippen LogP contribution < -0.4 is 4.90 Å². The Bertz CT molecular complexity index is 705. The zero-order valence-electron chi connectivity index (χ0n) is 11.7. The highest BCUT2D eigenvalue weighted by atomic mass is 35.5. The molecule has 0 aliphatic carbocycles. The Morgan fingerprint density at radius 1 is 1.43 bits per heavy atom. The van der Waals surface area contributed by atoms with Crippen molar-refractivity contribution in [1.82, 2.24) is 9.97 Å². The first-order valence-electron chi connectivity index (χ1n) is 6.96. The van der Waals surface area contributed by atoms with Gasteiger partial charge in [0.2, 0.25) is 0 Å². The number of halogens is 1. The van der Waals surface area contributed by atoms with E-state index in [2.05, 4.69) is 9.97 Å². The molecule has 0 saturated carbocycles. The van der Waals surface area contributed by atoms with Gasteiger partial charge in [0.05, 0.1) is 11.4 Å². The van der Waals surface area contributed by atoms with Crippen LogP contribution >= 0.6 is 11.6 Å². The lowest BCUT2D eigenvalue weighted by molar-refractivity contribution is -0.141. The lowest BCUT2D eigenvalue weighted by Crippen LogP contribution is -2.39. The molecule has 1 aliphatic heterocycles. The van der Waals surface area contributed by atoms with Crippen LogP contribution in [0.4, 0.5) is 5.82 Å². The van der Waals surface area contributed by atoms with E-state index in [0.717, 1.165) is 29.7 Å². The number of nitrogens with zero attached hydrogens (tertiary/aromatic N) is 3. The summed E-state index contributed by atoms with van der Waals surface area (Å²) in [6.45, 7) is 3.13. The summed E-state index contributed by atoms with van der Waals surface area (Å²) in [5.74, 6) is 0.374. The molecule has 1 atom stereocenters. The normalized spacial score (nSPS) is 19.0. The van der Waals surface area contributed by atoms with E-state index in [1.807, 2.05) is 24.0 Å². The Morgan fingerprint density at radius 3 is 3.00 bits per heavy atom. The molecule has 0 spiro atoms. The van der Waals surface area contributed by atoms with E-state index in [1.54, 1.807) is 6.07 Å². The second-order valence-electron chi connectivity index (χ2n) is 5.38. The molecule has 1 aromatic carbocycles. The molecule has 1 aromatic heterocycles. The number of aryl methyl sites for hydroxylation is 1. The van der Waals surface area contributed by atoms with Crippen LogP contribution in [-0.2, 0) is 4.79 Å². The standard InChI is InChI=1S/C15H16ClN3O2/c1-9-17-13-5-4-11(16)7-12(13)14(18-9)19-6-2-3-10(8-19)15(20)21/h4-5,7,10H,2-3,6,8H2,1H3,(H,20,21). The Kier molecular flexibility index (Phi) is 3.68. The van der Waals surface area contributed by atoms with Crippen molar-refractivity contribution in [2.45, 2.75) is 19.8 Å². The van der Waals surface area contributed by atoms with E-state index < -0.39 is 5.97 Å². The van der Waals surface area contributed by atoms with Crippen molar-refractivity contribution in [2.75, 3.05) is 18.0 Å². The number of carboxylic acid groups (broad SMARTS) is 1. The number of fused-ring (bicyclic) bond motifs is 1. The fourth-order valence-corrected chi connectivity index (χ4v) is 2.98. The molecule has 1 unspecified atom stereocenters. The predicted molar refractivity (Wildman–Crippen MR) is 81.9 cm³/mol. The fraction of sp³-hybridized carbons (Fsp3) is 0.400. The zero-order valence-corrected chi connectivity index (χ0v) is 12.5. The van der Waals surface area contributed by atoms with Gasteiger partial charge in [0.15, 0.2) is 0 Å². The minimum absolute atomic E-state index is 0.344. The third kappa shape index (κ3) is 2.78. The van der Waals surface area contributed by atoms with Gasteiger partial charge < -0.3 is 10.0 Å². The predicted octanol–water partition coefficient (Wildman–Crippen LogP) is 2.89. The number of benzene rings is 1. The number of carboxylic acids is 1. The zero-order chi connectivity index (χ0) is 15.0. The summed E-state index contributed by atoms with van der Waals surface area (Å²) in [6.07, 6.45) is 1.57. The molecular formula is C15H16ClN3O2. The van der Waals surface area contributed by atoms with Crippen LogP contribution in [0.25, 0.3) is 10.9 Å². The first-order chi connectivity index (χ1) is 10.0. The Balaban J connectivity index is 2.06. The highest BCUT2D eigenvalue weighted by Gasteiger charge is 2.27. The van der Waals surface area contributed by atoms with Crippen LogP contribution in [0.15, 0.2) is 18.2 Å². The van der Waals surface area contributed by atoms with E-state index >= 15 is 0 Å².